The summed E-state index contributed by atoms with van der Waals surface area (Å²) in [5, 5.41) is 11.5. The second-order valence-corrected chi connectivity index (χ2v) is 10.7. The van der Waals surface area contributed by atoms with Gasteiger partial charge in [0.05, 0.1) is 35.4 Å². The van der Waals surface area contributed by atoms with E-state index < -0.39 is 0 Å². The molecule has 0 saturated carbocycles. The first kappa shape index (κ1) is 24.0. The minimum atomic E-state index is -0.233. The quantitative estimate of drug-likeness (QED) is 0.370. The molecule has 0 unspecified atom stereocenters. The van der Waals surface area contributed by atoms with Crippen molar-refractivity contribution < 1.29 is 9.53 Å². The van der Waals surface area contributed by atoms with E-state index in [1.54, 1.807) is 34.3 Å². The van der Waals surface area contributed by atoms with Crippen LogP contribution >= 0.6 is 34.3 Å². The molecule has 5 rings (SSSR count). The fourth-order valence-corrected chi connectivity index (χ4v) is 5.52. The summed E-state index contributed by atoms with van der Waals surface area (Å²) in [6, 6.07) is 10.8. The number of hydrogen-bond acceptors (Lipinski definition) is 8. The van der Waals surface area contributed by atoms with Crippen molar-refractivity contribution in [2.24, 2.45) is 0 Å². The Bertz CT molecular complexity index is 1360. The van der Waals surface area contributed by atoms with Crippen molar-refractivity contribution >= 4 is 46.0 Å². The number of anilines is 1. The maximum Gasteiger partial charge on any atom is 0.280 e. The fourth-order valence-electron chi connectivity index (χ4n) is 3.86. The Balaban J connectivity index is 1.37. The van der Waals surface area contributed by atoms with Gasteiger partial charge in [0.25, 0.3) is 11.5 Å². The number of halogens is 1. The summed E-state index contributed by atoms with van der Waals surface area (Å²) >= 11 is 8.98. The van der Waals surface area contributed by atoms with Crippen molar-refractivity contribution in [3.63, 3.8) is 0 Å². The van der Waals surface area contributed by atoms with E-state index in [2.05, 4.69) is 15.3 Å². The molecule has 5 heterocycles. The molecule has 4 aromatic rings. The lowest BCUT2D eigenvalue weighted by Crippen LogP contribution is -2.39. The molecular weight excluding hydrogens is 506 g/mol. The Morgan fingerprint density at radius 3 is 2.71 bits per heavy atom. The second-order valence-electron chi connectivity index (χ2n) is 8.10. The zero-order valence-electron chi connectivity index (χ0n) is 18.9. The molecular formula is C24H24ClN5O3S2. The predicted molar refractivity (Wildman–Crippen MR) is 140 cm³/mol. The monoisotopic (exact) mass is 529 g/mol. The molecule has 0 atom stereocenters. The van der Waals surface area contributed by atoms with Gasteiger partial charge in [0.1, 0.15) is 5.82 Å². The smallest absolute Gasteiger partial charge is 0.280 e. The van der Waals surface area contributed by atoms with Gasteiger partial charge in [-0.05, 0) is 29.6 Å². The van der Waals surface area contributed by atoms with Crippen LogP contribution in [0.3, 0.4) is 0 Å². The first-order chi connectivity index (χ1) is 17.1. The van der Waals surface area contributed by atoms with Gasteiger partial charge in [0, 0.05) is 60.3 Å². The van der Waals surface area contributed by atoms with Gasteiger partial charge < -0.3 is 14.6 Å². The number of rotatable bonds is 8. The molecule has 1 N–H and O–H groups in total. The SMILES string of the molecule is O=C(c1ccsc1)n1nc(-c2ccn(CCN3CCOCC3)c(=O)c2)cc1NCc1ccc(Cl)s1. The van der Waals surface area contributed by atoms with Gasteiger partial charge in [0.2, 0.25) is 0 Å². The van der Waals surface area contributed by atoms with Crippen LogP contribution in [0.4, 0.5) is 5.82 Å². The minimum Gasteiger partial charge on any atom is -0.379 e. The van der Waals surface area contributed by atoms with E-state index in [9.17, 15) is 9.59 Å². The van der Waals surface area contributed by atoms with Crippen LogP contribution in [-0.4, -0.2) is 58.0 Å². The highest BCUT2D eigenvalue weighted by Crippen LogP contribution is 2.25. The molecule has 0 spiro atoms. The van der Waals surface area contributed by atoms with E-state index in [1.807, 2.05) is 23.6 Å². The summed E-state index contributed by atoms with van der Waals surface area (Å²) in [6.07, 6.45) is 1.79. The van der Waals surface area contributed by atoms with Crippen molar-refractivity contribution in [3.05, 3.63) is 78.5 Å². The van der Waals surface area contributed by atoms with Gasteiger partial charge in [-0.25, -0.2) is 0 Å². The number of pyridine rings is 1. The van der Waals surface area contributed by atoms with Gasteiger partial charge in [0.15, 0.2) is 0 Å². The van der Waals surface area contributed by atoms with Crippen LogP contribution in [0, 0.1) is 0 Å². The van der Waals surface area contributed by atoms with Crippen LogP contribution in [0.2, 0.25) is 4.34 Å². The fraction of sp³-hybridized carbons (Fsp3) is 0.292. The molecule has 1 aliphatic rings. The lowest BCUT2D eigenvalue weighted by Gasteiger charge is -2.26. The molecule has 1 fully saturated rings. The van der Waals surface area contributed by atoms with Crippen LogP contribution in [0.15, 0.2) is 58.1 Å². The summed E-state index contributed by atoms with van der Waals surface area (Å²) in [7, 11) is 0. The Labute approximate surface area is 215 Å². The third kappa shape index (κ3) is 5.74. The van der Waals surface area contributed by atoms with E-state index in [0.29, 0.717) is 40.1 Å². The molecule has 35 heavy (non-hydrogen) atoms. The summed E-state index contributed by atoms with van der Waals surface area (Å²) in [5.41, 5.74) is 1.68. The highest BCUT2D eigenvalue weighted by Gasteiger charge is 2.18. The molecule has 0 radical (unpaired) electrons. The van der Waals surface area contributed by atoms with Crippen LogP contribution in [-0.2, 0) is 17.8 Å². The molecule has 0 aromatic carbocycles. The largest absolute Gasteiger partial charge is 0.379 e. The first-order valence-electron chi connectivity index (χ1n) is 11.2. The van der Waals surface area contributed by atoms with Crippen LogP contribution in [0.25, 0.3) is 11.3 Å². The maximum absolute atomic E-state index is 13.1. The van der Waals surface area contributed by atoms with Crippen molar-refractivity contribution in [1.29, 1.82) is 0 Å². The zero-order chi connectivity index (χ0) is 24.2. The van der Waals surface area contributed by atoms with E-state index in [-0.39, 0.29) is 11.5 Å². The molecule has 182 valence electrons. The average Bonchev–Trinajstić information content (AvgIpc) is 3.63. The zero-order valence-corrected chi connectivity index (χ0v) is 21.2. The molecule has 1 saturated heterocycles. The third-order valence-corrected chi connectivity index (χ3v) is 7.71. The summed E-state index contributed by atoms with van der Waals surface area (Å²) < 4.78 is 9.15. The number of nitrogens with one attached hydrogen (secondary N) is 1. The molecule has 0 aliphatic carbocycles. The third-order valence-electron chi connectivity index (χ3n) is 5.80. The highest BCUT2D eigenvalue weighted by molar-refractivity contribution is 7.16. The molecule has 4 aromatic heterocycles. The average molecular weight is 530 g/mol. The Kier molecular flexibility index (Phi) is 7.45. The number of morpholine rings is 1. The van der Waals surface area contributed by atoms with E-state index >= 15 is 0 Å². The van der Waals surface area contributed by atoms with Gasteiger partial charge in [-0.15, -0.1) is 11.3 Å². The second kappa shape index (κ2) is 10.9. The van der Waals surface area contributed by atoms with Crippen molar-refractivity contribution in [2.45, 2.75) is 13.1 Å². The van der Waals surface area contributed by atoms with Gasteiger partial charge in [-0.1, -0.05) is 11.6 Å². The Morgan fingerprint density at radius 1 is 1.14 bits per heavy atom. The molecule has 11 heteroatoms. The molecule has 8 nitrogen and oxygen atoms in total. The molecule has 1 aliphatic heterocycles. The number of carbonyl (C=O) groups excluding carboxylic acids is 1. The number of nitrogens with zero attached hydrogens (tertiary/aromatic N) is 4. The van der Waals surface area contributed by atoms with Crippen LogP contribution in [0.5, 0.6) is 0 Å². The Morgan fingerprint density at radius 2 is 2.00 bits per heavy atom. The first-order valence-corrected chi connectivity index (χ1v) is 13.4. The predicted octanol–water partition coefficient (Wildman–Crippen LogP) is 4.12. The standard InChI is InChI=1S/C24H24ClN5O3S2/c25-21-2-1-19(35-21)15-26-22-14-20(27-30(22)24(32)18-4-12-34-16-18)17-3-5-29(23(31)13-17)7-6-28-8-10-33-11-9-28/h1-5,12-14,16,26H,6-11,15H2. The van der Waals surface area contributed by atoms with Crippen molar-refractivity contribution in [1.82, 2.24) is 19.2 Å². The van der Waals surface area contributed by atoms with Gasteiger partial charge in [-0.3, -0.25) is 14.5 Å². The minimum absolute atomic E-state index is 0.0998. The summed E-state index contributed by atoms with van der Waals surface area (Å²) in [4.78, 5) is 29.2. The number of hydrogen-bond donors (Lipinski definition) is 1. The summed E-state index contributed by atoms with van der Waals surface area (Å²) in [6.45, 7) is 5.15. The van der Waals surface area contributed by atoms with Crippen molar-refractivity contribution in [3.8, 4) is 11.3 Å². The molecule has 0 amide bonds. The maximum atomic E-state index is 13.1. The van der Waals surface area contributed by atoms with E-state index in [0.717, 1.165) is 37.7 Å². The van der Waals surface area contributed by atoms with Crippen LogP contribution in [0.1, 0.15) is 15.2 Å². The molecule has 0 bridgehead atoms. The van der Waals surface area contributed by atoms with Gasteiger partial charge >= 0.3 is 0 Å². The van der Waals surface area contributed by atoms with Gasteiger partial charge in [-0.2, -0.15) is 21.1 Å². The lowest BCUT2D eigenvalue weighted by molar-refractivity contribution is 0.0363. The number of ether oxygens (including phenoxy) is 1. The van der Waals surface area contributed by atoms with Crippen molar-refractivity contribution in [2.75, 3.05) is 38.2 Å². The van der Waals surface area contributed by atoms with E-state index in [1.165, 1.54) is 27.4 Å². The number of thiophene rings is 2. The highest BCUT2D eigenvalue weighted by atomic mass is 35.5. The van der Waals surface area contributed by atoms with Crippen LogP contribution < -0.4 is 10.9 Å². The normalized spacial score (nSPS) is 14.3. The Hall–Kier alpha value is -2.76. The summed E-state index contributed by atoms with van der Waals surface area (Å²) in [5.74, 6) is 0.320. The number of carbonyl (C=O) groups is 1. The lowest BCUT2D eigenvalue weighted by atomic mass is 10.2. The topological polar surface area (TPSA) is 81.4 Å². The van der Waals surface area contributed by atoms with E-state index in [4.69, 9.17) is 16.3 Å². The number of aromatic nitrogens is 3.